The van der Waals surface area contributed by atoms with E-state index in [1.165, 1.54) is 7.11 Å². The molecule has 4 N–H and O–H groups in total. The molecule has 9 nitrogen and oxygen atoms in total. The van der Waals surface area contributed by atoms with E-state index in [-0.39, 0.29) is 23.3 Å². The minimum atomic E-state index is -0.930. The maximum atomic E-state index is 13.9. The molecule has 0 saturated carbocycles. The molecule has 2 saturated heterocycles. The fraction of sp³-hybridized carbons (Fsp3) is 0.600. The Morgan fingerprint density at radius 3 is 2.83 bits per heavy atom. The molecule has 1 aromatic carbocycles. The Bertz CT molecular complexity index is 772. The molecule has 166 valence electrons. The van der Waals surface area contributed by atoms with Crippen molar-refractivity contribution in [2.24, 2.45) is 0 Å². The molecule has 2 heterocycles. The quantitative estimate of drug-likeness (QED) is 0.383. The van der Waals surface area contributed by atoms with Crippen LogP contribution in [0.2, 0.25) is 0 Å². The number of hydrogen-bond acceptors (Lipinski definition) is 8. The smallest absolute Gasteiger partial charge is 0.340 e. The van der Waals surface area contributed by atoms with Crippen molar-refractivity contribution in [3.63, 3.8) is 0 Å². The summed E-state index contributed by atoms with van der Waals surface area (Å²) in [5.74, 6) is -2.76. The minimum absolute atomic E-state index is 0.0325. The van der Waals surface area contributed by atoms with Crippen molar-refractivity contribution < 1.29 is 23.8 Å². The fourth-order valence-corrected chi connectivity index (χ4v) is 3.88. The van der Waals surface area contributed by atoms with Crippen LogP contribution in [0.5, 0.6) is 5.75 Å². The standard InChI is InChI=1S/C20H30FN5O4/c1-3-4-8-26-18(25-9-7-22-12-25)6-5-15(24-26)19(28)23-16-11-14(21)17(27)10-13(16)20(29)30-2/h10-11,15,18,22,24,27H,3-9,12H2,1-2H3,(H,23,28). The van der Waals surface area contributed by atoms with E-state index >= 15 is 0 Å². The molecule has 0 spiro atoms. The topological polar surface area (TPSA) is 106 Å². The molecule has 1 aromatic rings. The summed E-state index contributed by atoms with van der Waals surface area (Å²) in [7, 11) is 1.18. The molecule has 3 rings (SSSR count). The van der Waals surface area contributed by atoms with E-state index in [2.05, 4.69) is 37.6 Å². The Balaban J connectivity index is 1.72. The number of unbranched alkanes of at least 4 members (excludes halogenated alkanes) is 1. The Kier molecular flexibility index (Phi) is 7.59. The second kappa shape index (κ2) is 10.2. The third-order valence-electron chi connectivity index (χ3n) is 5.53. The zero-order valence-electron chi connectivity index (χ0n) is 17.4. The largest absolute Gasteiger partial charge is 0.505 e. The summed E-state index contributed by atoms with van der Waals surface area (Å²) in [6.45, 7) is 5.66. The van der Waals surface area contributed by atoms with Crippen molar-refractivity contribution in [2.45, 2.75) is 44.8 Å². The number of carbonyl (C=O) groups excluding carboxylic acids is 2. The summed E-state index contributed by atoms with van der Waals surface area (Å²) in [5.41, 5.74) is 3.18. The monoisotopic (exact) mass is 423 g/mol. The molecule has 2 aliphatic heterocycles. The number of esters is 1. The lowest BCUT2D eigenvalue weighted by molar-refractivity contribution is -0.124. The van der Waals surface area contributed by atoms with Gasteiger partial charge in [0.05, 0.1) is 24.5 Å². The van der Waals surface area contributed by atoms with Gasteiger partial charge in [0.1, 0.15) is 6.04 Å². The fourth-order valence-electron chi connectivity index (χ4n) is 3.88. The van der Waals surface area contributed by atoms with Crippen molar-refractivity contribution in [1.29, 1.82) is 0 Å². The van der Waals surface area contributed by atoms with E-state index in [1.807, 2.05) is 0 Å². The first-order chi connectivity index (χ1) is 14.4. The molecule has 2 fully saturated rings. The number of hydrogen-bond donors (Lipinski definition) is 4. The Morgan fingerprint density at radius 2 is 2.17 bits per heavy atom. The highest BCUT2D eigenvalue weighted by molar-refractivity contribution is 6.03. The summed E-state index contributed by atoms with van der Waals surface area (Å²) in [4.78, 5) is 27.2. The molecule has 2 aliphatic rings. The van der Waals surface area contributed by atoms with Crippen molar-refractivity contribution >= 4 is 17.6 Å². The number of benzene rings is 1. The van der Waals surface area contributed by atoms with E-state index in [0.717, 1.165) is 57.7 Å². The number of rotatable bonds is 7. The summed E-state index contributed by atoms with van der Waals surface area (Å²) < 4.78 is 18.5. The maximum Gasteiger partial charge on any atom is 0.340 e. The second-order valence-corrected chi connectivity index (χ2v) is 7.59. The van der Waals surface area contributed by atoms with E-state index in [4.69, 9.17) is 0 Å². The number of halogens is 1. The van der Waals surface area contributed by atoms with Crippen molar-refractivity contribution in [2.75, 3.05) is 38.7 Å². The van der Waals surface area contributed by atoms with E-state index < -0.39 is 23.6 Å². The Labute approximate surface area is 175 Å². The molecule has 0 aromatic heterocycles. The number of anilines is 1. The van der Waals surface area contributed by atoms with Crippen molar-refractivity contribution in [3.05, 3.63) is 23.5 Å². The number of methoxy groups -OCH3 is 1. The van der Waals surface area contributed by atoms with Crippen molar-refractivity contribution in [1.82, 2.24) is 20.7 Å². The van der Waals surface area contributed by atoms with Gasteiger partial charge in [-0.25, -0.2) is 19.6 Å². The van der Waals surface area contributed by atoms with Gasteiger partial charge in [-0.1, -0.05) is 13.3 Å². The summed E-state index contributed by atoms with van der Waals surface area (Å²) >= 11 is 0. The zero-order valence-corrected chi connectivity index (χ0v) is 17.4. The molecule has 2 atom stereocenters. The number of nitrogens with zero attached hydrogens (tertiary/aromatic N) is 2. The second-order valence-electron chi connectivity index (χ2n) is 7.59. The van der Waals surface area contributed by atoms with E-state index in [1.54, 1.807) is 0 Å². The first kappa shape index (κ1) is 22.4. The molecule has 0 aliphatic carbocycles. The molecular weight excluding hydrogens is 393 g/mol. The van der Waals surface area contributed by atoms with E-state index in [9.17, 15) is 19.1 Å². The van der Waals surface area contributed by atoms with Crippen LogP contribution in [0.25, 0.3) is 0 Å². The van der Waals surface area contributed by atoms with Crippen LogP contribution in [-0.4, -0.2) is 72.5 Å². The number of ether oxygens (including phenoxy) is 1. The molecule has 2 unspecified atom stereocenters. The van der Waals surface area contributed by atoms with Gasteiger partial charge in [-0.3, -0.25) is 9.69 Å². The van der Waals surface area contributed by atoms with Crippen LogP contribution >= 0.6 is 0 Å². The highest BCUT2D eigenvalue weighted by Crippen LogP contribution is 2.27. The molecule has 1 amide bonds. The van der Waals surface area contributed by atoms with Crippen LogP contribution in [-0.2, 0) is 9.53 Å². The zero-order chi connectivity index (χ0) is 21.7. The minimum Gasteiger partial charge on any atom is -0.505 e. The summed E-state index contributed by atoms with van der Waals surface area (Å²) in [6, 6.07) is 1.36. The van der Waals surface area contributed by atoms with Crippen LogP contribution in [0, 0.1) is 5.82 Å². The van der Waals surface area contributed by atoms with Crippen LogP contribution in [0.4, 0.5) is 10.1 Å². The van der Waals surface area contributed by atoms with Crippen LogP contribution < -0.4 is 16.1 Å². The van der Waals surface area contributed by atoms with Crippen molar-refractivity contribution in [3.8, 4) is 5.75 Å². The van der Waals surface area contributed by atoms with Crippen LogP contribution in [0.3, 0.4) is 0 Å². The van der Waals surface area contributed by atoms with Gasteiger partial charge in [-0.15, -0.1) is 0 Å². The van der Waals surface area contributed by atoms with Gasteiger partial charge in [0.25, 0.3) is 0 Å². The van der Waals surface area contributed by atoms with E-state index in [0.29, 0.717) is 6.42 Å². The maximum absolute atomic E-state index is 13.9. The Hall–Kier alpha value is -2.27. The lowest BCUT2D eigenvalue weighted by Crippen LogP contribution is -2.62. The number of nitrogens with one attached hydrogen (secondary N) is 3. The molecular formula is C20H30FN5O4. The predicted molar refractivity (Wildman–Crippen MR) is 109 cm³/mol. The van der Waals surface area contributed by atoms with Gasteiger partial charge in [-0.2, -0.15) is 0 Å². The predicted octanol–water partition coefficient (Wildman–Crippen LogP) is 1.21. The molecule has 30 heavy (non-hydrogen) atoms. The van der Waals surface area contributed by atoms with Gasteiger partial charge in [0.15, 0.2) is 11.6 Å². The number of carbonyl (C=O) groups is 2. The number of phenols is 1. The molecule has 10 heteroatoms. The SMILES string of the molecule is CCCCN1NC(C(=O)Nc2cc(F)c(O)cc2C(=O)OC)CCC1N1CCNC1. The number of phenolic OH excluding ortho intramolecular Hbond substituents is 1. The average Bonchev–Trinajstić information content (AvgIpc) is 3.28. The number of hydrazine groups is 1. The first-order valence-corrected chi connectivity index (χ1v) is 10.3. The number of amides is 1. The van der Waals surface area contributed by atoms with Gasteiger partial charge >= 0.3 is 5.97 Å². The summed E-state index contributed by atoms with van der Waals surface area (Å²) in [5, 5.41) is 17.6. The number of aromatic hydroxyl groups is 1. The average molecular weight is 423 g/mol. The van der Waals surface area contributed by atoms with Gasteiger partial charge in [0, 0.05) is 32.4 Å². The molecule has 0 bridgehead atoms. The summed E-state index contributed by atoms with van der Waals surface area (Å²) in [6.07, 6.45) is 3.64. The lowest BCUT2D eigenvalue weighted by Gasteiger charge is -2.43. The third-order valence-corrected chi connectivity index (χ3v) is 5.53. The van der Waals surface area contributed by atoms with Gasteiger partial charge in [0.2, 0.25) is 5.91 Å². The highest BCUT2D eigenvalue weighted by atomic mass is 19.1. The van der Waals surface area contributed by atoms with Gasteiger partial charge in [-0.05, 0) is 25.3 Å². The van der Waals surface area contributed by atoms with Gasteiger partial charge < -0.3 is 20.5 Å². The first-order valence-electron chi connectivity index (χ1n) is 10.3. The highest BCUT2D eigenvalue weighted by Gasteiger charge is 2.35. The molecule has 0 radical (unpaired) electrons. The van der Waals surface area contributed by atoms with Crippen LogP contribution in [0.1, 0.15) is 43.0 Å². The van der Waals surface area contributed by atoms with Crippen LogP contribution in [0.15, 0.2) is 12.1 Å². The Morgan fingerprint density at radius 1 is 1.37 bits per heavy atom. The normalized spacial score (nSPS) is 22.8. The third kappa shape index (κ3) is 5.07. The lowest BCUT2D eigenvalue weighted by atomic mass is 10.0.